The standard InChI is InChI=1S/C19H17ClF3N3O2/c20-11-8-14-16(9-12(11)24)28-15-6-2-1-4-10(15)17-13(5-3-7-26(14)17)25-18(27)19(21,22)23/h1-2,4,6,8-9,13,17H,3,5,7,24H2,(H,25,27)/t13-,17-/m0/s1. The topological polar surface area (TPSA) is 67.6 Å². The maximum atomic E-state index is 12.9. The van der Waals surface area contributed by atoms with E-state index in [9.17, 15) is 18.0 Å². The predicted octanol–water partition coefficient (Wildman–Crippen LogP) is 4.42. The summed E-state index contributed by atoms with van der Waals surface area (Å²) in [6.07, 6.45) is -3.93. The van der Waals surface area contributed by atoms with Crippen molar-refractivity contribution >= 4 is 28.9 Å². The van der Waals surface area contributed by atoms with Crippen LogP contribution in [0.2, 0.25) is 5.02 Å². The van der Waals surface area contributed by atoms with Crippen LogP contribution in [0.4, 0.5) is 24.5 Å². The molecule has 2 aromatic rings. The van der Waals surface area contributed by atoms with Gasteiger partial charge >= 0.3 is 12.1 Å². The van der Waals surface area contributed by atoms with Crippen LogP contribution in [0, 0.1) is 0 Å². The molecule has 1 fully saturated rings. The quantitative estimate of drug-likeness (QED) is 0.682. The van der Waals surface area contributed by atoms with Gasteiger partial charge < -0.3 is 20.7 Å². The largest absolute Gasteiger partial charge is 0.471 e. The van der Waals surface area contributed by atoms with Crippen molar-refractivity contribution in [1.82, 2.24) is 5.32 Å². The molecule has 2 heterocycles. The number of nitrogens with zero attached hydrogens (tertiary/aromatic N) is 1. The molecule has 0 aliphatic carbocycles. The van der Waals surface area contributed by atoms with Crippen molar-refractivity contribution < 1.29 is 22.7 Å². The van der Waals surface area contributed by atoms with Gasteiger partial charge in [0.25, 0.3) is 0 Å². The second-order valence-electron chi connectivity index (χ2n) is 6.84. The van der Waals surface area contributed by atoms with Crippen molar-refractivity contribution in [2.24, 2.45) is 0 Å². The number of halogens is 4. The number of carbonyl (C=O) groups excluding carboxylic acids is 1. The van der Waals surface area contributed by atoms with Crippen LogP contribution in [-0.2, 0) is 4.79 Å². The molecule has 2 aliphatic rings. The van der Waals surface area contributed by atoms with Crippen LogP contribution in [0.1, 0.15) is 24.4 Å². The Kier molecular flexibility index (Phi) is 4.53. The van der Waals surface area contributed by atoms with Gasteiger partial charge in [-0.3, -0.25) is 4.79 Å². The molecule has 2 atom stereocenters. The van der Waals surface area contributed by atoms with E-state index in [0.29, 0.717) is 52.8 Å². The van der Waals surface area contributed by atoms with E-state index in [-0.39, 0.29) is 0 Å². The Morgan fingerprint density at radius 1 is 1.25 bits per heavy atom. The number of piperidine rings is 1. The smallest absolute Gasteiger partial charge is 0.455 e. The number of hydrogen-bond donors (Lipinski definition) is 2. The molecule has 0 aromatic heterocycles. The summed E-state index contributed by atoms with van der Waals surface area (Å²) >= 11 is 6.20. The summed E-state index contributed by atoms with van der Waals surface area (Å²) in [5.74, 6) is -0.969. The first-order valence-corrected chi connectivity index (χ1v) is 9.13. The highest BCUT2D eigenvalue weighted by atomic mass is 35.5. The van der Waals surface area contributed by atoms with Crippen LogP contribution < -0.4 is 20.7 Å². The number of nitrogen functional groups attached to an aromatic ring is 1. The molecule has 2 aromatic carbocycles. The molecule has 0 spiro atoms. The first-order chi connectivity index (χ1) is 13.3. The normalized spacial score (nSPS) is 20.9. The minimum Gasteiger partial charge on any atom is -0.455 e. The summed E-state index contributed by atoms with van der Waals surface area (Å²) in [6.45, 7) is 0.577. The van der Waals surface area contributed by atoms with E-state index in [4.69, 9.17) is 22.1 Å². The Bertz CT molecular complexity index is 935. The van der Waals surface area contributed by atoms with Gasteiger partial charge in [0.15, 0.2) is 5.75 Å². The predicted molar refractivity (Wildman–Crippen MR) is 99.7 cm³/mol. The van der Waals surface area contributed by atoms with E-state index in [1.54, 1.807) is 36.4 Å². The zero-order chi connectivity index (χ0) is 20.1. The number of amides is 1. The Morgan fingerprint density at radius 3 is 2.75 bits per heavy atom. The fourth-order valence-corrected chi connectivity index (χ4v) is 4.01. The van der Waals surface area contributed by atoms with Gasteiger partial charge in [0.05, 0.1) is 28.5 Å². The van der Waals surface area contributed by atoms with Gasteiger partial charge in [0.2, 0.25) is 0 Å². The number of rotatable bonds is 1. The minimum atomic E-state index is -4.95. The third-order valence-electron chi connectivity index (χ3n) is 5.05. The van der Waals surface area contributed by atoms with E-state index in [0.717, 1.165) is 0 Å². The summed E-state index contributed by atoms with van der Waals surface area (Å²) in [5.41, 5.74) is 7.58. The Hall–Kier alpha value is -2.61. The molecule has 9 heteroatoms. The Balaban J connectivity index is 1.83. The third kappa shape index (κ3) is 3.22. The summed E-state index contributed by atoms with van der Waals surface area (Å²) in [6, 6.07) is 9.08. The van der Waals surface area contributed by atoms with Crippen LogP contribution in [0.3, 0.4) is 0 Å². The molecule has 3 N–H and O–H groups in total. The molecule has 0 unspecified atom stereocenters. The minimum absolute atomic E-state index is 0.327. The van der Waals surface area contributed by atoms with Gasteiger partial charge in [0.1, 0.15) is 5.75 Å². The van der Waals surface area contributed by atoms with E-state index in [2.05, 4.69) is 5.32 Å². The van der Waals surface area contributed by atoms with Crippen LogP contribution in [-0.4, -0.2) is 24.7 Å². The average molecular weight is 412 g/mol. The molecule has 1 saturated heterocycles. The number of para-hydroxylation sites is 1. The molecular formula is C19H17ClF3N3O2. The monoisotopic (exact) mass is 411 g/mol. The number of nitrogens with one attached hydrogen (secondary N) is 1. The van der Waals surface area contributed by atoms with Gasteiger partial charge in [-0.2, -0.15) is 13.2 Å². The summed E-state index contributed by atoms with van der Waals surface area (Å²) in [4.78, 5) is 13.6. The van der Waals surface area contributed by atoms with Gasteiger partial charge in [-0.1, -0.05) is 29.8 Å². The number of ether oxygens (including phenoxy) is 1. The zero-order valence-corrected chi connectivity index (χ0v) is 15.3. The van der Waals surface area contributed by atoms with Crippen LogP contribution in [0.5, 0.6) is 11.5 Å². The second kappa shape index (κ2) is 6.77. The zero-order valence-electron chi connectivity index (χ0n) is 14.6. The van der Waals surface area contributed by atoms with Gasteiger partial charge in [-0.25, -0.2) is 0 Å². The lowest BCUT2D eigenvalue weighted by molar-refractivity contribution is -0.174. The maximum Gasteiger partial charge on any atom is 0.471 e. The number of hydrogen-bond acceptors (Lipinski definition) is 4. The molecule has 2 aliphatic heterocycles. The second-order valence-corrected chi connectivity index (χ2v) is 7.25. The first kappa shape index (κ1) is 18.7. The molecular weight excluding hydrogens is 395 g/mol. The fraction of sp³-hybridized carbons (Fsp3) is 0.316. The molecule has 5 nitrogen and oxygen atoms in total. The molecule has 4 rings (SSSR count). The summed E-state index contributed by atoms with van der Waals surface area (Å²) < 4.78 is 44.6. The van der Waals surface area contributed by atoms with Crippen LogP contribution in [0.25, 0.3) is 0 Å². The van der Waals surface area contributed by atoms with E-state index in [1.807, 2.05) is 4.90 Å². The number of anilines is 2. The molecule has 1 amide bonds. The lowest BCUT2D eigenvalue weighted by Gasteiger charge is -2.42. The highest BCUT2D eigenvalue weighted by molar-refractivity contribution is 6.33. The van der Waals surface area contributed by atoms with E-state index < -0.39 is 24.2 Å². The average Bonchev–Trinajstić information content (AvgIpc) is 2.77. The lowest BCUT2D eigenvalue weighted by atomic mass is 9.89. The van der Waals surface area contributed by atoms with Crippen LogP contribution in [0.15, 0.2) is 36.4 Å². The van der Waals surface area contributed by atoms with Crippen molar-refractivity contribution in [3.8, 4) is 11.5 Å². The molecule has 0 saturated carbocycles. The SMILES string of the molecule is Nc1cc2c(cc1Cl)N1CCC[C@H](NC(=O)C(F)(F)F)[C@@H]1c1ccccc1O2. The highest BCUT2D eigenvalue weighted by Crippen LogP contribution is 2.49. The maximum absolute atomic E-state index is 12.9. The van der Waals surface area contributed by atoms with Crippen molar-refractivity contribution in [2.45, 2.75) is 31.1 Å². The van der Waals surface area contributed by atoms with Crippen molar-refractivity contribution in [3.05, 3.63) is 47.0 Å². The molecule has 0 radical (unpaired) electrons. The number of fused-ring (bicyclic) bond motifs is 5. The van der Waals surface area contributed by atoms with Crippen molar-refractivity contribution in [3.63, 3.8) is 0 Å². The number of carbonyl (C=O) groups is 1. The Labute approximate surface area is 164 Å². The van der Waals surface area contributed by atoms with Gasteiger partial charge in [-0.15, -0.1) is 0 Å². The number of alkyl halides is 3. The third-order valence-corrected chi connectivity index (χ3v) is 5.38. The molecule has 148 valence electrons. The van der Waals surface area contributed by atoms with Crippen molar-refractivity contribution in [1.29, 1.82) is 0 Å². The molecule has 0 bridgehead atoms. The van der Waals surface area contributed by atoms with Crippen molar-refractivity contribution in [2.75, 3.05) is 17.2 Å². The summed E-state index contributed by atoms with van der Waals surface area (Å²) in [7, 11) is 0. The van der Waals surface area contributed by atoms with Crippen LogP contribution >= 0.6 is 11.6 Å². The number of nitrogens with two attached hydrogens (primary N) is 1. The van der Waals surface area contributed by atoms with E-state index >= 15 is 0 Å². The lowest BCUT2D eigenvalue weighted by Crippen LogP contribution is -2.52. The summed E-state index contributed by atoms with van der Waals surface area (Å²) in [5, 5.41) is 2.49. The number of benzene rings is 2. The first-order valence-electron chi connectivity index (χ1n) is 8.76. The molecule has 28 heavy (non-hydrogen) atoms. The van der Waals surface area contributed by atoms with Gasteiger partial charge in [0, 0.05) is 18.2 Å². The van der Waals surface area contributed by atoms with Gasteiger partial charge in [-0.05, 0) is 25.0 Å². The Morgan fingerprint density at radius 2 is 2.00 bits per heavy atom. The highest BCUT2D eigenvalue weighted by Gasteiger charge is 2.44. The fourth-order valence-electron chi connectivity index (χ4n) is 3.85. The van der Waals surface area contributed by atoms with E-state index in [1.165, 1.54) is 0 Å².